The number of anilines is 1. The summed E-state index contributed by atoms with van der Waals surface area (Å²) in [5.41, 5.74) is 1.70. The summed E-state index contributed by atoms with van der Waals surface area (Å²) >= 11 is 0. The second-order valence-corrected chi connectivity index (χ2v) is 4.98. The van der Waals surface area contributed by atoms with Gasteiger partial charge in [-0.25, -0.2) is 4.79 Å². The van der Waals surface area contributed by atoms with Gasteiger partial charge < -0.3 is 20.1 Å². The van der Waals surface area contributed by atoms with Crippen molar-refractivity contribution in [2.75, 3.05) is 25.6 Å². The maximum absolute atomic E-state index is 12.0. The third-order valence-corrected chi connectivity index (χ3v) is 3.18. The van der Waals surface area contributed by atoms with Crippen LogP contribution in [0.2, 0.25) is 0 Å². The van der Waals surface area contributed by atoms with Crippen LogP contribution in [0.1, 0.15) is 12.0 Å². The molecule has 2 aromatic carbocycles. The summed E-state index contributed by atoms with van der Waals surface area (Å²) in [4.78, 5) is 12.0. The molecule has 0 aliphatic carbocycles. The molecule has 5 nitrogen and oxygen atoms in total. The topological polar surface area (TPSA) is 59.6 Å². The lowest BCUT2D eigenvalue weighted by atomic mass is 10.2. The fourth-order valence-electron chi connectivity index (χ4n) is 2.03. The Morgan fingerprint density at radius 1 is 1.00 bits per heavy atom. The fraction of sp³-hybridized carbons (Fsp3) is 0.278. The fourth-order valence-corrected chi connectivity index (χ4v) is 2.03. The molecule has 0 saturated carbocycles. The Balaban J connectivity index is 1.85. The van der Waals surface area contributed by atoms with E-state index >= 15 is 0 Å². The number of hydrogen-bond donors (Lipinski definition) is 2. The van der Waals surface area contributed by atoms with Crippen LogP contribution in [0.25, 0.3) is 0 Å². The van der Waals surface area contributed by atoms with Gasteiger partial charge in [0.25, 0.3) is 0 Å². The lowest BCUT2D eigenvalue weighted by Gasteiger charge is -2.13. The predicted octanol–water partition coefficient (Wildman–Crippen LogP) is 3.42. The number of amides is 2. The van der Waals surface area contributed by atoms with Gasteiger partial charge in [-0.05, 0) is 17.7 Å². The minimum atomic E-state index is -0.262. The molecule has 5 heteroatoms. The van der Waals surface area contributed by atoms with E-state index in [0.717, 1.165) is 12.0 Å². The highest BCUT2D eigenvalue weighted by atomic mass is 16.5. The summed E-state index contributed by atoms with van der Waals surface area (Å²) in [6, 6.07) is 16.9. The number of urea groups is 1. The third-order valence-electron chi connectivity index (χ3n) is 3.18. The van der Waals surface area contributed by atoms with Gasteiger partial charge in [0, 0.05) is 26.7 Å². The SMILES string of the molecule is COCCCOc1ccccc1NC(=O)NCc1ccccc1. The molecule has 23 heavy (non-hydrogen) atoms. The quantitative estimate of drug-likeness (QED) is 0.734. The number of carbonyl (C=O) groups excluding carboxylic acids is 1. The largest absolute Gasteiger partial charge is 0.491 e. The van der Waals surface area contributed by atoms with Crippen molar-refractivity contribution in [3.63, 3.8) is 0 Å². The molecule has 0 radical (unpaired) electrons. The first-order valence-electron chi connectivity index (χ1n) is 7.59. The van der Waals surface area contributed by atoms with Crippen LogP contribution in [-0.4, -0.2) is 26.4 Å². The van der Waals surface area contributed by atoms with Crippen LogP contribution in [0.5, 0.6) is 5.75 Å². The predicted molar refractivity (Wildman–Crippen MR) is 90.7 cm³/mol. The molecule has 0 saturated heterocycles. The first-order valence-corrected chi connectivity index (χ1v) is 7.59. The van der Waals surface area contributed by atoms with Crippen LogP contribution in [-0.2, 0) is 11.3 Å². The van der Waals surface area contributed by atoms with Crippen LogP contribution in [0.15, 0.2) is 54.6 Å². The van der Waals surface area contributed by atoms with Crippen molar-refractivity contribution in [2.45, 2.75) is 13.0 Å². The molecular formula is C18H22N2O3. The summed E-state index contributed by atoms with van der Waals surface area (Å²) in [7, 11) is 1.66. The number of methoxy groups -OCH3 is 1. The summed E-state index contributed by atoms with van der Waals surface area (Å²) in [6.07, 6.45) is 0.797. The zero-order valence-corrected chi connectivity index (χ0v) is 13.2. The van der Waals surface area contributed by atoms with Crippen LogP contribution in [0, 0.1) is 0 Å². The van der Waals surface area contributed by atoms with Gasteiger partial charge in [-0.2, -0.15) is 0 Å². The van der Waals surface area contributed by atoms with Crippen molar-refractivity contribution in [1.29, 1.82) is 0 Å². The Morgan fingerprint density at radius 2 is 1.74 bits per heavy atom. The molecule has 0 atom stereocenters. The van der Waals surface area contributed by atoms with E-state index in [1.165, 1.54) is 0 Å². The summed E-state index contributed by atoms with van der Waals surface area (Å²) in [6.45, 7) is 1.66. The van der Waals surface area contributed by atoms with Gasteiger partial charge in [-0.3, -0.25) is 0 Å². The van der Waals surface area contributed by atoms with Gasteiger partial charge in [0.2, 0.25) is 0 Å². The van der Waals surface area contributed by atoms with Gasteiger partial charge >= 0.3 is 6.03 Å². The third kappa shape index (κ3) is 6.00. The molecule has 2 amide bonds. The van der Waals surface area contributed by atoms with Crippen molar-refractivity contribution >= 4 is 11.7 Å². The van der Waals surface area contributed by atoms with E-state index in [9.17, 15) is 4.79 Å². The molecule has 2 rings (SSSR count). The number of nitrogens with one attached hydrogen (secondary N) is 2. The molecule has 0 aliphatic rings. The summed E-state index contributed by atoms with van der Waals surface area (Å²) in [5, 5.41) is 5.64. The maximum Gasteiger partial charge on any atom is 0.319 e. The van der Waals surface area contributed by atoms with Crippen molar-refractivity contribution in [1.82, 2.24) is 5.32 Å². The van der Waals surface area contributed by atoms with Crippen LogP contribution in [0.4, 0.5) is 10.5 Å². The number of para-hydroxylation sites is 2. The van der Waals surface area contributed by atoms with E-state index in [2.05, 4.69) is 10.6 Å². The Labute approximate surface area is 136 Å². The molecular weight excluding hydrogens is 292 g/mol. The Kier molecular flexibility index (Phi) is 6.94. The van der Waals surface area contributed by atoms with Crippen LogP contribution >= 0.6 is 0 Å². The second kappa shape index (κ2) is 9.48. The van der Waals surface area contributed by atoms with Crippen molar-refractivity contribution in [2.24, 2.45) is 0 Å². The zero-order chi connectivity index (χ0) is 16.3. The minimum Gasteiger partial charge on any atom is -0.491 e. The number of rotatable bonds is 8. The van der Waals surface area contributed by atoms with E-state index in [-0.39, 0.29) is 6.03 Å². The monoisotopic (exact) mass is 314 g/mol. The zero-order valence-electron chi connectivity index (χ0n) is 13.2. The Bertz CT molecular complexity index is 602. The molecule has 0 fully saturated rings. The minimum absolute atomic E-state index is 0.262. The average Bonchev–Trinajstić information content (AvgIpc) is 2.59. The molecule has 122 valence electrons. The normalized spacial score (nSPS) is 10.1. The Hall–Kier alpha value is -2.53. The van der Waals surface area contributed by atoms with Gasteiger partial charge in [-0.15, -0.1) is 0 Å². The van der Waals surface area contributed by atoms with Crippen molar-refractivity contribution in [3.8, 4) is 5.75 Å². The standard InChI is InChI=1S/C18H22N2O3/c1-22-12-7-13-23-17-11-6-5-10-16(17)20-18(21)19-14-15-8-3-2-4-9-15/h2-6,8-11H,7,12-14H2,1H3,(H2,19,20,21). The highest BCUT2D eigenvalue weighted by molar-refractivity contribution is 5.90. The smallest absolute Gasteiger partial charge is 0.319 e. The van der Waals surface area contributed by atoms with Crippen molar-refractivity contribution in [3.05, 3.63) is 60.2 Å². The van der Waals surface area contributed by atoms with Gasteiger partial charge in [0.1, 0.15) is 5.75 Å². The molecule has 0 aliphatic heterocycles. The first-order chi connectivity index (χ1) is 11.3. The number of ether oxygens (including phenoxy) is 2. The number of benzene rings is 2. The average molecular weight is 314 g/mol. The number of carbonyl (C=O) groups is 1. The first kappa shape index (κ1) is 16.8. The highest BCUT2D eigenvalue weighted by Gasteiger charge is 2.07. The van der Waals surface area contributed by atoms with Crippen LogP contribution < -0.4 is 15.4 Å². The molecule has 2 aromatic rings. The highest BCUT2D eigenvalue weighted by Crippen LogP contribution is 2.23. The number of hydrogen-bond acceptors (Lipinski definition) is 3. The van der Waals surface area contributed by atoms with E-state index in [1.54, 1.807) is 7.11 Å². The van der Waals surface area contributed by atoms with E-state index < -0.39 is 0 Å². The molecule has 0 spiro atoms. The molecule has 0 unspecified atom stereocenters. The molecule has 0 heterocycles. The lowest BCUT2D eigenvalue weighted by molar-refractivity contribution is 0.172. The van der Waals surface area contributed by atoms with Gasteiger partial charge in [0.05, 0.1) is 12.3 Å². The molecule has 2 N–H and O–H groups in total. The summed E-state index contributed by atoms with van der Waals surface area (Å²) in [5.74, 6) is 0.651. The van der Waals surface area contributed by atoms with Gasteiger partial charge in [-0.1, -0.05) is 42.5 Å². The molecule has 0 bridgehead atoms. The van der Waals surface area contributed by atoms with Crippen LogP contribution in [0.3, 0.4) is 0 Å². The van der Waals surface area contributed by atoms with E-state index in [4.69, 9.17) is 9.47 Å². The lowest BCUT2D eigenvalue weighted by Crippen LogP contribution is -2.28. The van der Waals surface area contributed by atoms with Crippen molar-refractivity contribution < 1.29 is 14.3 Å². The van der Waals surface area contributed by atoms with E-state index in [1.807, 2.05) is 54.6 Å². The second-order valence-electron chi connectivity index (χ2n) is 4.98. The van der Waals surface area contributed by atoms with E-state index in [0.29, 0.717) is 31.2 Å². The van der Waals surface area contributed by atoms with Gasteiger partial charge in [0.15, 0.2) is 0 Å². The summed E-state index contributed by atoms with van der Waals surface area (Å²) < 4.78 is 10.7. The maximum atomic E-state index is 12.0. The Morgan fingerprint density at radius 3 is 2.52 bits per heavy atom. The molecule has 0 aromatic heterocycles.